The highest BCUT2D eigenvalue weighted by molar-refractivity contribution is 6.32. The van der Waals surface area contributed by atoms with Gasteiger partial charge in [-0.2, -0.15) is 0 Å². The van der Waals surface area contributed by atoms with Crippen LogP contribution in [0.1, 0.15) is 12.5 Å². The minimum Gasteiger partial charge on any atom is -0.504 e. The highest BCUT2D eigenvalue weighted by Gasteiger charge is 2.08. The van der Waals surface area contributed by atoms with Gasteiger partial charge in [0, 0.05) is 17.8 Å². The maximum atomic E-state index is 10.1. The fraction of sp³-hybridized carbons (Fsp3) is 0.250. The Bertz CT molecular complexity index is 616. The van der Waals surface area contributed by atoms with Crippen LogP contribution in [0.15, 0.2) is 36.4 Å². The Morgan fingerprint density at radius 2 is 2.00 bits per heavy atom. The number of nitrogens with one attached hydrogen (secondary N) is 1. The van der Waals surface area contributed by atoms with E-state index in [1.54, 1.807) is 25.3 Å². The molecule has 0 aromatic heterocycles. The smallest absolute Gasteiger partial charge is 0.162 e. The van der Waals surface area contributed by atoms with Crippen LogP contribution < -0.4 is 14.8 Å². The van der Waals surface area contributed by atoms with Gasteiger partial charge in [0.05, 0.1) is 18.7 Å². The Hall–Kier alpha value is -2.07. The Kier molecular flexibility index (Phi) is 5.17. The number of methoxy groups -OCH3 is 1. The van der Waals surface area contributed by atoms with Gasteiger partial charge >= 0.3 is 0 Å². The summed E-state index contributed by atoms with van der Waals surface area (Å²) in [6, 6.07) is 10.9. The Labute approximate surface area is 129 Å². The van der Waals surface area contributed by atoms with E-state index in [1.165, 1.54) is 0 Å². The predicted octanol–water partition coefficient (Wildman–Crippen LogP) is 4.07. The molecule has 0 unspecified atom stereocenters. The topological polar surface area (TPSA) is 50.7 Å². The van der Waals surface area contributed by atoms with Crippen LogP contribution in [0.25, 0.3) is 0 Å². The summed E-state index contributed by atoms with van der Waals surface area (Å²) in [6.07, 6.45) is 0. The SMILES string of the molecule is CCOc1cccc(CNc2ccc(OC)c(Cl)c2)c1O. The predicted molar refractivity (Wildman–Crippen MR) is 84.6 cm³/mol. The zero-order valence-electron chi connectivity index (χ0n) is 12.0. The standard InChI is InChI=1S/C16H18ClNO3/c1-3-21-15-6-4-5-11(16(15)19)10-18-12-7-8-14(20-2)13(17)9-12/h4-9,18-19H,3,10H2,1-2H3. The number of hydrogen-bond donors (Lipinski definition) is 2. The number of anilines is 1. The summed E-state index contributed by atoms with van der Waals surface area (Å²) in [5.41, 5.74) is 1.61. The van der Waals surface area contributed by atoms with Gasteiger partial charge in [-0.05, 0) is 31.2 Å². The van der Waals surface area contributed by atoms with Crippen LogP contribution >= 0.6 is 11.6 Å². The summed E-state index contributed by atoms with van der Waals surface area (Å²) in [5.74, 6) is 1.28. The van der Waals surface area contributed by atoms with E-state index in [2.05, 4.69) is 5.32 Å². The molecule has 2 N–H and O–H groups in total. The van der Waals surface area contributed by atoms with E-state index in [1.807, 2.05) is 25.1 Å². The minimum atomic E-state index is 0.159. The van der Waals surface area contributed by atoms with E-state index >= 15 is 0 Å². The Balaban J connectivity index is 2.09. The first-order valence-electron chi connectivity index (χ1n) is 6.66. The second kappa shape index (κ2) is 7.09. The first-order valence-corrected chi connectivity index (χ1v) is 7.04. The van der Waals surface area contributed by atoms with Crippen LogP contribution in [0, 0.1) is 0 Å². The fourth-order valence-corrected chi connectivity index (χ4v) is 2.21. The van der Waals surface area contributed by atoms with E-state index in [0.29, 0.717) is 29.7 Å². The molecule has 0 fully saturated rings. The van der Waals surface area contributed by atoms with Crippen molar-refractivity contribution < 1.29 is 14.6 Å². The van der Waals surface area contributed by atoms with Crippen LogP contribution in [0.5, 0.6) is 17.2 Å². The number of aromatic hydroxyl groups is 1. The normalized spacial score (nSPS) is 10.2. The second-order valence-corrected chi connectivity index (χ2v) is 4.81. The maximum Gasteiger partial charge on any atom is 0.162 e. The zero-order valence-corrected chi connectivity index (χ0v) is 12.8. The lowest BCUT2D eigenvalue weighted by atomic mass is 10.1. The molecule has 0 heterocycles. The Morgan fingerprint density at radius 3 is 2.67 bits per heavy atom. The van der Waals surface area contributed by atoms with Crippen molar-refractivity contribution in [3.63, 3.8) is 0 Å². The molecule has 0 aliphatic rings. The summed E-state index contributed by atoms with van der Waals surface area (Å²) in [7, 11) is 1.57. The van der Waals surface area contributed by atoms with Crippen molar-refractivity contribution in [3.05, 3.63) is 47.0 Å². The van der Waals surface area contributed by atoms with Gasteiger partial charge in [-0.1, -0.05) is 23.7 Å². The number of rotatable bonds is 6. The third-order valence-corrected chi connectivity index (χ3v) is 3.31. The van der Waals surface area contributed by atoms with E-state index in [0.717, 1.165) is 11.3 Å². The summed E-state index contributed by atoms with van der Waals surface area (Å²) < 4.78 is 10.5. The van der Waals surface area contributed by atoms with Crippen molar-refractivity contribution in [1.82, 2.24) is 0 Å². The largest absolute Gasteiger partial charge is 0.504 e. The highest BCUT2D eigenvalue weighted by Crippen LogP contribution is 2.31. The lowest BCUT2D eigenvalue weighted by Gasteiger charge is -2.12. The van der Waals surface area contributed by atoms with Gasteiger partial charge in [0.25, 0.3) is 0 Å². The molecule has 0 spiro atoms. The average Bonchev–Trinajstić information content (AvgIpc) is 2.48. The first kappa shape index (κ1) is 15.3. The molecule has 0 atom stereocenters. The van der Waals surface area contributed by atoms with Crippen molar-refractivity contribution in [3.8, 4) is 17.2 Å². The van der Waals surface area contributed by atoms with E-state index in [9.17, 15) is 5.11 Å². The number of para-hydroxylation sites is 1. The average molecular weight is 308 g/mol. The molecule has 2 aromatic carbocycles. The number of halogens is 1. The number of phenolic OH excluding ortho intramolecular Hbond substituents is 1. The van der Waals surface area contributed by atoms with Gasteiger partial charge in [0.15, 0.2) is 11.5 Å². The van der Waals surface area contributed by atoms with Crippen LogP contribution in [0.3, 0.4) is 0 Å². The van der Waals surface area contributed by atoms with Crippen LogP contribution in [-0.4, -0.2) is 18.8 Å². The second-order valence-electron chi connectivity index (χ2n) is 4.40. The summed E-state index contributed by atoms with van der Waals surface area (Å²) in [5, 5.41) is 13.9. The van der Waals surface area contributed by atoms with E-state index in [-0.39, 0.29) is 5.75 Å². The molecule has 2 aromatic rings. The molecule has 0 saturated carbocycles. The summed E-state index contributed by atoms with van der Waals surface area (Å²) in [4.78, 5) is 0. The summed E-state index contributed by atoms with van der Waals surface area (Å²) in [6.45, 7) is 2.86. The zero-order chi connectivity index (χ0) is 15.2. The molecule has 0 radical (unpaired) electrons. The monoisotopic (exact) mass is 307 g/mol. The lowest BCUT2D eigenvalue weighted by Crippen LogP contribution is -2.01. The fourth-order valence-electron chi connectivity index (χ4n) is 1.96. The lowest BCUT2D eigenvalue weighted by molar-refractivity contribution is 0.317. The summed E-state index contributed by atoms with van der Waals surface area (Å²) >= 11 is 6.07. The third-order valence-electron chi connectivity index (χ3n) is 3.02. The van der Waals surface area contributed by atoms with Crippen molar-refractivity contribution in [1.29, 1.82) is 0 Å². The van der Waals surface area contributed by atoms with Gasteiger partial charge in [0.2, 0.25) is 0 Å². The van der Waals surface area contributed by atoms with Gasteiger partial charge < -0.3 is 19.9 Å². The molecule has 0 amide bonds. The number of hydrogen-bond acceptors (Lipinski definition) is 4. The van der Waals surface area contributed by atoms with Crippen LogP contribution in [0.2, 0.25) is 5.02 Å². The minimum absolute atomic E-state index is 0.159. The van der Waals surface area contributed by atoms with Gasteiger partial charge in [-0.3, -0.25) is 0 Å². The first-order chi connectivity index (χ1) is 10.2. The van der Waals surface area contributed by atoms with E-state index < -0.39 is 0 Å². The number of phenols is 1. The number of benzene rings is 2. The van der Waals surface area contributed by atoms with Gasteiger partial charge in [-0.15, -0.1) is 0 Å². The molecule has 0 aliphatic heterocycles. The third kappa shape index (κ3) is 3.73. The molecular weight excluding hydrogens is 290 g/mol. The molecular formula is C16H18ClNO3. The molecule has 5 heteroatoms. The molecule has 112 valence electrons. The molecule has 21 heavy (non-hydrogen) atoms. The van der Waals surface area contributed by atoms with E-state index in [4.69, 9.17) is 21.1 Å². The van der Waals surface area contributed by atoms with Crippen molar-refractivity contribution in [2.24, 2.45) is 0 Å². The van der Waals surface area contributed by atoms with Crippen molar-refractivity contribution in [2.45, 2.75) is 13.5 Å². The maximum absolute atomic E-state index is 10.1. The van der Waals surface area contributed by atoms with Gasteiger partial charge in [-0.25, -0.2) is 0 Å². The van der Waals surface area contributed by atoms with Gasteiger partial charge in [0.1, 0.15) is 5.75 Å². The van der Waals surface area contributed by atoms with Crippen LogP contribution in [0.4, 0.5) is 5.69 Å². The molecule has 4 nitrogen and oxygen atoms in total. The Morgan fingerprint density at radius 1 is 1.19 bits per heavy atom. The quantitative estimate of drug-likeness (QED) is 0.845. The van der Waals surface area contributed by atoms with Crippen molar-refractivity contribution in [2.75, 3.05) is 19.0 Å². The van der Waals surface area contributed by atoms with Crippen LogP contribution in [-0.2, 0) is 6.54 Å². The molecule has 2 rings (SSSR count). The van der Waals surface area contributed by atoms with Crippen molar-refractivity contribution >= 4 is 17.3 Å². The number of ether oxygens (including phenoxy) is 2. The molecule has 0 aliphatic carbocycles. The molecule has 0 bridgehead atoms. The highest BCUT2D eigenvalue weighted by atomic mass is 35.5. The molecule has 0 saturated heterocycles.